The van der Waals surface area contributed by atoms with Crippen molar-refractivity contribution in [2.24, 2.45) is 0 Å². The van der Waals surface area contributed by atoms with E-state index in [2.05, 4.69) is 86.0 Å². The highest BCUT2D eigenvalue weighted by atomic mass is 16.7. The summed E-state index contributed by atoms with van der Waals surface area (Å²) in [7, 11) is 0. The summed E-state index contributed by atoms with van der Waals surface area (Å²) >= 11 is 0. The lowest BCUT2D eigenvalue weighted by atomic mass is 9.97. The molecule has 2 saturated heterocycles. The van der Waals surface area contributed by atoms with E-state index in [4.69, 9.17) is 18.9 Å². The number of unbranched alkanes of at least 4 members (excludes halogenated alkanes) is 9. The van der Waals surface area contributed by atoms with Crippen LogP contribution in [0.1, 0.15) is 129 Å². The normalized spacial score (nSPS) is 27.7. The van der Waals surface area contributed by atoms with Crippen LogP contribution in [0.25, 0.3) is 0 Å². The molecule has 376 valence electrons. The molecule has 2 rings (SSSR count). The fourth-order valence-electron chi connectivity index (χ4n) is 7.27. The second-order valence-corrected chi connectivity index (χ2v) is 16.9. The summed E-state index contributed by atoms with van der Waals surface area (Å²) in [5.74, 6) is -0.386. The van der Waals surface area contributed by atoms with Gasteiger partial charge in [0.2, 0.25) is 5.91 Å². The van der Waals surface area contributed by atoms with Crippen molar-refractivity contribution < 1.29 is 64.6 Å². The average molecular weight is 932 g/mol. The van der Waals surface area contributed by atoms with Crippen molar-refractivity contribution in [2.75, 3.05) is 19.8 Å². The second kappa shape index (κ2) is 37.8. The Morgan fingerprint density at radius 2 is 1.06 bits per heavy atom. The Balaban J connectivity index is 1.94. The van der Waals surface area contributed by atoms with Crippen LogP contribution >= 0.6 is 0 Å². The maximum Gasteiger partial charge on any atom is 0.224 e. The van der Waals surface area contributed by atoms with Crippen molar-refractivity contribution in [3.05, 3.63) is 97.2 Å². The molecule has 1 amide bonds. The van der Waals surface area contributed by atoms with Crippen molar-refractivity contribution >= 4 is 5.91 Å². The van der Waals surface area contributed by atoms with Crippen molar-refractivity contribution in [1.82, 2.24) is 5.32 Å². The molecule has 0 aromatic heterocycles. The second-order valence-electron chi connectivity index (χ2n) is 16.9. The van der Waals surface area contributed by atoms with E-state index in [1.165, 1.54) is 44.9 Å². The van der Waals surface area contributed by atoms with Crippen molar-refractivity contribution in [2.45, 2.75) is 203 Å². The smallest absolute Gasteiger partial charge is 0.224 e. The molecule has 9 N–H and O–H groups in total. The van der Waals surface area contributed by atoms with Gasteiger partial charge in [-0.1, -0.05) is 150 Å². The molecule has 14 heteroatoms. The molecule has 0 aromatic carbocycles. The first-order valence-electron chi connectivity index (χ1n) is 24.5. The summed E-state index contributed by atoms with van der Waals surface area (Å²) in [6.45, 7) is 2.54. The molecule has 2 aliphatic rings. The molecule has 2 fully saturated rings. The first-order valence-corrected chi connectivity index (χ1v) is 24.5. The Hall–Kier alpha value is -3.09. The lowest BCUT2D eigenvalue weighted by Crippen LogP contribution is -2.65. The Labute approximate surface area is 394 Å². The number of hydrogen-bond acceptors (Lipinski definition) is 13. The van der Waals surface area contributed by atoms with E-state index >= 15 is 0 Å². The quantitative estimate of drug-likeness (QED) is 0.0264. The summed E-state index contributed by atoms with van der Waals surface area (Å²) in [4.78, 5) is 13.1. The minimum absolute atomic E-state index is 0.0321. The maximum absolute atomic E-state index is 13.1. The number of nitrogens with one attached hydrogen (secondary N) is 1. The van der Waals surface area contributed by atoms with Crippen LogP contribution in [-0.2, 0) is 23.7 Å². The van der Waals surface area contributed by atoms with E-state index in [1.54, 1.807) is 12.2 Å². The highest BCUT2D eigenvalue weighted by molar-refractivity contribution is 5.77. The molecule has 2 heterocycles. The SMILES string of the molecule is CC/C=C\C/C=C\C/C=C\C/C=C\C/C=C\CC(=O)NC(COC1OC(CO)C(OC2OC(CO)C(O)C(O)C2O)C(O)C1O)C(O)/C=C/CC/C=C/CC/C=C/CCCCCCCCC. The zero-order chi connectivity index (χ0) is 48.2. The zero-order valence-electron chi connectivity index (χ0n) is 39.6. The van der Waals surface area contributed by atoms with Gasteiger partial charge in [0.05, 0.1) is 32.0 Å². The van der Waals surface area contributed by atoms with Crippen molar-refractivity contribution in [1.29, 1.82) is 0 Å². The maximum atomic E-state index is 13.1. The van der Waals surface area contributed by atoms with Crippen LogP contribution in [0.5, 0.6) is 0 Å². The van der Waals surface area contributed by atoms with E-state index in [0.29, 0.717) is 12.8 Å². The van der Waals surface area contributed by atoms with Gasteiger partial charge in [-0.05, 0) is 70.6 Å². The number of carbonyl (C=O) groups excluding carboxylic acids is 1. The minimum Gasteiger partial charge on any atom is -0.394 e. The monoisotopic (exact) mass is 932 g/mol. The first kappa shape index (κ1) is 59.0. The fraction of sp³-hybridized carbons (Fsp3) is 0.673. The molecule has 12 unspecified atom stereocenters. The van der Waals surface area contributed by atoms with Crippen LogP contribution in [-0.4, -0.2) is 140 Å². The zero-order valence-corrected chi connectivity index (χ0v) is 39.6. The first-order chi connectivity index (χ1) is 32.1. The summed E-state index contributed by atoms with van der Waals surface area (Å²) in [6.07, 6.45) is 33.3. The molecule has 0 radical (unpaired) electrons. The third-order valence-electron chi connectivity index (χ3n) is 11.3. The van der Waals surface area contributed by atoms with Gasteiger partial charge in [-0.25, -0.2) is 0 Å². The largest absolute Gasteiger partial charge is 0.394 e. The summed E-state index contributed by atoms with van der Waals surface area (Å²) < 4.78 is 22.6. The highest BCUT2D eigenvalue weighted by Gasteiger charge is 2.51. The number of aliphatic hydroxyl groups excluding tert-OH is 8. The van der Waals surface area contributed by atoms with Crippen molar-refractivity contribution in [3.8, 4) is 0 Å². The average Bonchev–Trinajstić information content (AvgIpc) is 3.31. The van der Waals surface area contributed by atoms with E-state index in [1.807, 2.05) is 18.2 Å². The van der Waals surface area contributed by atoms with Crippen LogP contribution in [0, 0.1) is 0 Å². The van der Waals surface area contributed by atoms with E-state index in [9.17, 15) is 45.6 Å². The Bertz CT molecular complexity index is 1470. The molecule has 14 nitrogen and oxygen atoms in total. The van der Waals surface area contributed by atoms with Crippen LogP contribution in [0.2, 0.25) is 0 Å². The molecule has 0 bridgehead atoms. The standard InChI is InChI=1S/C52H85NO13/c1-3-5-7-9-11-13-15-17-19-20-22-23-25-27-29-31-33-35-41(56)40(53-44(57)36-34-32-30-28-26-24-21-18-16-14-12-10-8-6-4-2)39-63-51-49(62)47(60)50(43(38-55)65-51)66-52-48(61)46(59)45(58)42(37-54)64-52/h6,8,12,14,18-21,25-28,32-35,40-43,45-52,54-56,58-62H,3-5,7,9-11,13,15-17,22-24,29-31,36-39H2,1-2H3,(H,53,57)/b8-6-,14-12-,20-19+,21-18-,27-25+,28-26-,34-32-,35-33+. The minimum atomic E-state index is -1.80. The van der Waals surface area contributed by atoms with Crippen LogP contribution in [0.4, 0.5) is 0 Å². The van der Waals surface area contributed by atoms with Gasteiger partial charge in [0.25, 0.3) is 0 Å². The number of rotatable bonds is 35. The van der Waals surface area contributed by atoms with E-state index < -0.39 is 86.8 Å². The number of amides is 1. The number of carbonyl (C=O) groups is 1. The van der Waals surface area contributed by atoms with E-state index in [0.717, 1.165) is 51.4 Å². The molecule has 0 aromatic rings. The van der Waals surface area contributed by atoms with Crippen LogP contribution in [0.15, 0.2) is 97.2 Å². The van der Waals surface area contributed by atoms with Gasteiger partial charge >= 0.3 is 0 Å². The van der Waals surface area contributed by atoms with Gasteiger partial charge in [0, 0.05) is 6.42 Å². The summed E-state index contributed by atoms with van der Waals surface area (Å²) in [5.41, 5.74) is 0. The molecular weight excluding hydrogens is 847 g/mol. The summed E-state index contributed by atoms with van der Waals surface area (Å²) in [5, 5.41) is 86.5. The number of ether oxygens (including phenoxy) is 4. The predicted octanol–water partition coefficient (Wildman–Crippen LogP) is 5.98. The van der Waals surface area contributed by atoms with Gasteiger partial charge in [-0.2, -0.15) is 0 Å². The number of hydrogen-bond donors (Lipinski definition) is 9. The lowest BCUT2D eigenvalue weighted by molar-refractivity contribution is -0.359. The molecule has 12 atom stereocenters. The Morgan fingerprint density at radius 3 is 1.64 bits per heavy atom. The Kier molecular flexibility index (Phi) is 33.8. The fourth-order valence-corrected chi connectivity index (χ4v) is 7.27. The molecule has 66 heavy (non-hydrogen) atoms. The molecule has 0 saturated carbocycles. The molecular formula is C52H85NO13. The van der Waals surface area contributed by atoms with Crippen LogP contribution in [0.3, 0.4) is 0 Å². The van der Waals surface area contributed by atoms with Crippen LogP contribution < -0.4 is 5.32 Å². The predicted molar refractivity (Wildman–Crippen MR) is 258 cm³/mol. The highest BCUT2D eigenvalue weighted by Crippen LogP contribution is 2.30. The molecule has 0 spiro atoms. The van der Waals surface area contributed by atoms with Gasteiger partial charge in [0.15, 0.2) is 12.6 Å². The Morgan fingerprint density at radius 1 is 0.561 bits per heavy atom. The molecule has 0 aliphatic carbocycles. The van der Waals surface area contributed by atoms with Gasteiger partial charge in [0.1, 0.15) is 48.8 Å². The third kappa shape index (κ3) is 24.8. The summed E-state index contributed by atoms with van der Waals surface area (Å²) in [6, 6.07) is -0.997. The third-order valence-corrected chi connectivity index (χ3v) is 11.3. The van der Waals surface area contributed by atoms with Crippen molar-refractivity contribution in [3.63, 3.8) is 0 Å². The topological polar surface area (TPSA) is 228 Å². The lowest BCUT2D eigenvalue weighted by Gasteiger charge is -2.46. The number of aliphatic hydroxyl groups is 8. The molecule has 2 aliphatic heterocycles. The van der Waals surface area contributed by atoms with E-state index in [-0.39, 0.29) is 18.9 Å². The van der Waals surface area contributed by atoms with Gasteiger partial charge in [-0.15, -0.1) is 0 Å². The van der Waals surface area contributed by atoms with Gasteiger partial charge < -0.3 is 65.1 Å². The number of allylic oxidation sites excluding steroid dienone is 14. The van der Waals surface area contributed by atoms with Gasteiger partial charge in [-0.3, -0.25) is 4.79 Å².